The number of esters is 1. The molecule has 4 aliphatic rings. The minimum Gasteiger partial charge on any atom is -0.482 e. The Labute approximate surface area is 189 Å². The Hall–Kier alpha value is -1.51. The van der Waals surface area contributed by atoms with E-state index in [0.717, 1.165) is 30.9 Å². The van der Waals surface area contributed by atoms with Crippen molar-refractivity contribution in [1.29, 1.82) is 0 Å². The fourth-order valence-corrected chi connectivity index (χ4v) is 7.73. The van der Waals surface area contributed by atoms with E-state index in [1.54, 1.807) is 0 Å². The van der Waals surface area contributed by atoms with Crippen LogP contribution in [0.1, 0.15) is 97.5 Å². The van der Waals surface area contributed by atoms with Crippen molar-refractivity contribution in [2.75, 3.05) is 6.61 Å². The van der Waals surface area contributed by atoms with E-state index in [0.29, 0.717) is 29.1 Å². The molecule has 3 unspecified atom stereocenters. The molecule has 1 aromatic rings. The summed E-state index contributed by atoms with van der Waals surface area (Å²) in [6.07, 6.45) is 9.59. The Kier molecular flexibility index (Phi) is 6.43. The maximum absolute atomic E-state index is 13.1. The van der Waals surface area contributed by atoms with E-state index >= 15 is 0 Å². The first kappa shape index (κ1) is 22.7. The molecule has 4 fully saturated rings. The zero-order valence-corrected chi connectivity index (χ0v) is 20.3. The third kappa shape index (κ3) is 4.14. The van der Waals surface area contributed by atoms with E-state index in [9.17, 15) is 4.79 Å². The van der Waals surface area contributed by atoms with E-state index < -0.39 is 0 Å². The molecule has 4 aliphatic carbocycles. The molecule has 0 N–H and O–H groups in total. The highest BCUT2D eigenvalue weighted by molar-refractivity contribution is 5.72. The summed E-state index contributed by atoms with van der Waals surface area (Å²) in [7, 11) is 0. The largest absolute Gasteiger partial charge is 0.482 e. The summed E-state index contributed by atoms with van der Waals surface area (Å²) >= 11 is 0. The summed E-state index contributed by atoms with van der Waals surface area (Å²) in [5.74, 6) is 3.43. The zero-order chi connectivity index (χ0) is 22.2. The highest BCUT2D eigenvalue weighted by atomic mass is 16.6. The molecule has 0 spiro atoms. The van der Waals surface area contributed by atoms with Crippen LogP contribution < -0.4 is 4.74 Å². The van der Waals surface area contributed by atoms with Crippen molar-refractivity contribution in [1.82, 2.24) is 0 Å². The molecule has 172 valence electrons. The van der Waals surface area contributed by atoms with Crippen molar-refractivity contribution in [3.63, 3.8) is 0 Å². The summed E-state index contributed by atoms with van der Waals surface area (Å²) in [4.78, 5) is 13.1. The van der Waals surface area contributed by atoms with Gasteiger partial charge in [0.15, 0.2) is 6.61 Å². The minimum absolute atomic E-state index is 0.00468. The predicted molar refractivity (Wildman–Crippen MR) is 125 cm³/mol. The fourth-order valence-electron chi connectivity index (χ4n) is 7.73. The second-order valence-electron chi connectivity index (χ2n) is 11.2. The second-order valence-corrected chi connectivity index (χ2v) is 11.2. The van der Waals surface area contributed by atoms with Crippen LogP contribution in [-0.2, 0) is 9.53 Å². The van der Waals surface area contributed by atoms with Gasteiger partial charge in [0.1, 0.15) is 11.4 Å². The molecule has 31 heavy (non-hydrogen) atoms. The second kappa shape index (κ2) is 8.79. The first-order valence-electron chi connectivity index (χ1n) is 12.8. The Morgan fingerprint density at radius 2 is 1.61 bits per heavy atom. The summed E-state index contributed by atoms with van der Waals surface area (Å²) in [5.41, 5.74) is 1.50. The smallest absolute Gasteiger partial charge is 0.344 e. The average Bonchev–Trinajstić information content (AvgIpc) is 2.75. The topological polar surface area (TPSA) is 35.5 Å². The first-order chi connectivity index (χ1) is 14.8. The van der Waals surface area contributed by atoms with Gasteiger partial charge in [0, 0.05) is 11.8 Å². The van der Waals surface area contributed by atoms with Crippen LogP contribution in [0.3, 0.4) is 0 Å². The van der Waals surface area contributed by atoms with Gasteiger partial charge in [-0.05, 0) is 92.2 Å². The number of carbonyl (C=O) groups excluding carboxylic acids is 1. The molecule has 4 bridgehead atoms. The van der Waals surface area contributed by atoms with E-state index in [4.69, 9.17) is 9.47 Å². The van der Waals surface area contributed by atoms with Crippen molar-refractivity contribution in [2.24, 2.45) is 29.1 Å². The van der Waals surface area contributed by atoms with Gasteiger partial charge in [-0.25, -0.2) is 4.79 Å². The van der Waals surface area contributed by atoms with Crippen LogP contribution in [0.2, 0.25) is 0 Å². The third-order valence-electron chi connectivity index (χ3n) is 9.10. The highest BCUT2D eigenvalue weighted by Gasteiger charge is 2.64. The van der Waals surface area contributed by atoms with Gasteiger partial charge in [-0.3, -0.25) is 0 Å². The van der Waals surface area contributed by atoms with Gasteiger partial charge in [-0.15, -0.1) is 0 Å². The molecule has 3 nitrogen and oxygen atoms in total. The molecule has 0 aromatic heterocycles. The van der Waals surface area contributed by atoms with Gasteiger partial charge in [0.2, 0.25) is 0 Å². The number of hydrogen-bond donors (Lipinski definition) is 0. The molecule has 0 aliphatic heterocycles. The third-order valence-corrected chi connectivity index (χ3v) is 9.10. The van der Waals surface area contributed by atoms with Crippen LogP contribution in [0.5, 0.6) is 5.75 Å². The molecule has 0 radical (unpaired) electrons. The Balaban J connectivity index is 1.46. The molecule has 1 aromatic carbocycles. The highest BCUT2D eigenvalue weighted by Crippen LogP contribution is 2.66. The minimum atomic E-state index is -0.277. The number of carbonyl (C=O) groups is 1. The summed E-state index contributed by atoms with van der Waals surface area (Å²) < 4.78 is 12.4. The molecule has 0 heterocycles. The lowest BCUT2D eigenvalue weighted by molar-refractivity contribution is -0.244. The standard InChI is InChI=1S/C28H42O3/c1-6-19(4)21-9-11-25(12-10-21)30-18-26(29)31-28(22(7-2)8-3)23-13-20-14-24(28)17-27(5,15-20)16-23/h9-12,19-20,22-24H,6-8,13-18H2,1-5H3. The van der Waals surface area contributed by atoms with Gasteiger partial charge in [-0.2, -0.15) is 0 Å². The van der Waals surface area contributed by atoms with Crippen molar-refractivity contribution >= 4 is 5.97 Å². The van der Waals surface area contributed by atoms with Crippen molar-refractivity contribution in [2.45, 2.75) is 97.5 Å². The monoisotopic (exact) mass is 426 g/mol. The van der Waals surface area contributed by atoms with E-state index in [1.165, 1.54) is 37.7 Å². The SMILES string of the molecule is CCC(C)c1ccc(OCC(=O)OC2(C(CC)CC)C3CC4CC2CC(C)(C4)C3)cc1. The van der Waals surface area contributed by atoms with Crippen LogP contribution in [0.4, 0.5) is 0 Å². The van der Waals surface area contributed by atoms with Crippen LogP contribution in [-0.4, -0.2) is 18.2 Å². The molecule has 4 saturated carbocycles. The normalized spacial score (nSPS) is 34.7. The number of benzene rings is 1. The quantitative estimate of drug-likeness (QED) is 0.394. The molecule has 5 rings (SSSR count). The van der Waals surface area contributed by atoms with Gasteiger partial charge in [0.25, 0.3) is 0 Å². The Morgan fingerprint density at radius 3 is 2.13 bits per heavy atom. The summed E-state index contributed by atoms with van der Waals surface area (Å²) in [5, 5.41) is 0. The van der Waals surface area contributed by atoms with E-state index in [-0.39, 0.29) is 18.2 Å². The molecule has 0 amide bonds. The molecular weight excluding hydrogens is 384 g/mol. The lowest BCUT2D eigenvalue weighted by atomic mass is 9.42. The average molecular weight is 427 g/mol. The number of hydrogen-bond acceptors (Lipinski definition) is 3. The van der Waals surface area contributed by atoms with Crippen LogP contribution in [0.15, 0.2) is 24.3 Å². The lowest BCUT2D eigenvalue weighted by Gasteiger charge is -2.65. The van der Waals surface area contributed by atoms with Crippen LogP contribution >= 0.6 is 0 Å². The van der Waals surface area contributed by atoms with Gasteiger partial charge >= 0.3 is 5.97 Å². The maximum atomic E-state index is 13.1. The first-order valence-corrected chi connectivity index (χ1v) is 12.8. The summed E-state index contributed by atoms with van der Waals surface area (Å²) in [6.45, 7) is 11.5. The molecule has 0 saturated heterocycles. The van der Waals surface area contributed by atoms with E-state index in [1.807, 2.05) is 12.1 Å². The summed E-state index contributed by atoms with van der Waals surface area (Å²) in [6, 6.07) is 8.18. The Morgan fingerprint density at radius 1 is 1.00 bits per heavy atom. The maximum Gasteiger partial charge on any atom is 0.344 e. The van der Waals surface area contributed by atoms with Crippen LogP contribution in [0.25, 0.3) is 0 Å². The van der Waals surface area contributed by atoms with Crippen molar-refractivity contribution < 1.29 is 14.3 Å². The zero-order valence-electron chi connectivity index (χ0n) is 20.3. The molecular formula is C28H42O3. The predicted octanol–water partition coefficient (Wildman–Crippen LogP) is 7.14. The van der Waals surface area contributed by atoms with Crippen molar-refractivity contribution in [3.05, 3.63) is 29.8 Å². The van der Waals surface area contributed by atoms with Gasteiger partial charge in [-0.1, -0.05) is 46.8 Å². The number of ether oxygens (including phenoxy) is 2. The van der Waals surface area contributed by atoms with E-state index in [2.05, 4.69) is 46.8 Å². The van der Waals surface area contributed by atoms with Crippen molar-refractivity contribution in [3.8, 4) is 5.75 Å². The van der Waals surface area contributed by atoms with Gasteiger partial charge < -0.3 is 9.47 Å². The molecule has 3 heteroatoms. The van der Waals surface area contributed by atoms with Gasteiger partial charge in [0.05, 0.1) is 0 Å². The Bertz CT molecular complexity index is 747. The fraction of sp³-hybridized carbons (Fsp3) is 0.750. The lowest BCUT2D eigenvalue weighted by Crippen LogP contribution is -2.65. The number of rotatable bonds is 9. The molecule has 3 atom stereocenters. The van der Waals surface area contributed by atoms with Crippen LogP contribution in [0, 0.1) is 29.1 Å².